The average molecular weight is 423 g/mol. The summed E-state index contributed by atoms with van der Waals surface area (Å²) in [5, 5.41) is -0.441. The summed E-state index contributed by atoms with van der Waals surface area (Å²) in [5.41, 5.74) is 2.27. The second-order valence-corrected chi connectivity index (χ2v) is 9.90. The molecule has 1 saturated heterocycles. The molecule has 1 fully saturated rings. The Morgan fingerprint density at radius 2 is 1.68 bits per heavy atom. The Hall–Kier alpha value is -1.37. The molecule has 0 aromatic heterocycles. The van der Waals surface area contributed by atoms with E-state index in [1.165, 1.54) is 0 Å². The fraction of sp³-hybridized carbons (Fsp3) is 0.368. The van der Waals surface area contributed by atoms with Gasteiger partial charge < -0.3 is 4.90 Å². The van der Waals surface area contributed by atoms with E-state index in [0.717, 1.165) is 22.3 Å². The van der Waals surface area contributed by atoms with E-state index < -0.39 is 15.3 Å². The number of halogens is 1. The van der Waals surface area contributed by atoms with Crippen LogP contribution in [-0.4, -0.2) is 32.8 Å². The molecule has 2 aromatic carbocycles. The SMILES string of the molecule is CC(C)S(=O)(=O)N[C@@H]1CN(c2ccccc2)C[C@H]1c1ccc(Br)cc1. The van der Waals surface area contributed by atoms with Crippen LogP contribution in [0.5, 0.6) is 0 Å². The molecule has 25 heavy (non-hydrogen) atoms. The number of nitrogens with one attached hydrogen (secondary N) is 1. The van der Waals surface area contributed by atoms with Gasteiger partial charge in [0.25, 0.3) is 0 Å². The van der Waals surface area contributed by atoms with E-state index in [-0.39, 0.29) is 12.0 Å². The first-order valence-electron chi connectivity index (χ1n) is 8.43. The lowest BCUT2D eigenvalue weighted by atomic mass is 9.95. The molecule has 2 atom stereocenters. The van der Waals surface area contributed by atoms with Gasteiger partial charge in [0, 0.05) is 35.2 Å². The van der Waals surface area contributed by atoms with Gasteiger partial charge in [0.1, 0.15) is 0 Å². The normalized spacial score (nSPS) is 21.0. The van der Waals surface area contributed by atoms with E-state index >= 15 is 0 Å². The summed E-state index contributed by atoms with van der Waals surface area (Å²) in [6.07, 6.45) is 0. The first kappa shape index (κ1) is 18.4. The topological polar surface area (TPSA) is 49.4 Å². The lowest BCUT2D eigenvalue weighted by Crippen LogP contribution is -2.43. The molecule has 1 N–H and O–H groups in total. The third-order valence-corrected chi connectivity index (χ3v) is 7.08. The minimum atomic E-state index is -3.32. The Balaban J connectivity index is 1.90. The van der Waals surface area contributed by atoms with Crippen LogP contribution in [0, 0.1) is 0 Å². The van der Waals surface area contributed by atoms with Crippen LogP contribution in [0.4, 0.5) is 5.69 Å². The predicted molar refractivity (Wildman–Crippen MR) is 107 cm³/mol. The van der Waals surface area contributed by atoms with Crippen molar-refractivity contribution in [2.75, 3.05) is 18.0 Å². The number of benzene rings is 2. The summed E-state index contributed by atoms with van der Waals surface area (Å²) < 4.78 is 28.8. The third kappa shape index (κ3) is 4.25. The van der Waals surface area contributed by atoms with E-state index in [1.807, 2.05) is 30.3 Å². The molecule has 0 aliphatic carbocycles. The van der Waals surface area contributed by atoms with Gasteiger partial charge in [0.15, 0.2) is 0 Å². The lowest BCUT2D eigenvalue weighted by Gasteiger charge is -2.21. The van der Waals surface area contributed by atoms with Crippen molar-refractivity contribution in [1.29, 1.82) is 0 Å². The standard InChI is InChI=1S/C19H23BrN2O2S/c1-14(2)25(23,24)21-19-13-22(17-6-4-3-5-7-17)12-18(19)15-8-10-16(20)11-9-15/h3-11,14,18-19,21H,12-13H2,1-2H3/t18-,19+/m0/s1. The van der Waals surface area contributed by atoms with Crippen LogP contribution < -0.4 is 9.62 Å². The van der Waals surface area contributed by atoms with Gasteiger partial charge in [-0.15, -0.1) is 0 Å². The summed E-state index contributed by atoms with van der Waals surface area (Å²) in [7, 11) is -3.32. The number of rotatable bonds is 5. The monoisotopic (exact) mass is 422 g/mol. The maximum atomic E-state index is 12.4. The van der Waals surface area contributed by atoms with Crippen molar-refractivity contribution < 1.29 is 8.42 Å². The molecule has 0 amide bonds. The molecule has 2 aromatic rings. The highest BCUT2D eigenvalue weighted by molar-refractivity contribution is 9.10. The molecule has 0 spiro atoms. The van der Waals surface area contributed by atoms with Crippen LogP contribution in [-0.2, 0) is 10.0 Å². The van der Waals surface area contributed by atoms with Crippen molar-refractivity contribution in [2.45, 2.75) is 31.1 Å². The summed E-state index contributed by atoms with van der Waals surface area (Å²) >= 11 is 3.46. The first-order valence-corrected chi connectivity index (χ1v) is 10.8. The van der Waals surface area contributed by atoms with Crippen molar-refractivity contribution in [1.82, 2.24) is 4.72 Å². The minimum absolute atomic E-state index is 0.113. The van der Waals surface area contributed by atoms with Gasteiger partial charge in [-0.2, -0.15) is 0 Å². The summed E-state index contributed by atoms with van der Waals surface area (Å²) in [6, 6.07) is 18.2. The van der Waals surface area contributed by atoms with Crippen molar-refractivity contribution in [3.63, 3.8) is 0 Å². The maximum absolute atomic E-state index is 12.4. The highest BCUT2D eigenvalue weighted by Gasteiger charge is 2.37. The summed E-state index contributed by atoms with van der Waals surface area (Å²) in [4.78, 5) is 2.25. The number of anilines is 1. The highest BCUT2D eigenvalue weighted by atomic mass is 79.9. The second kappa shape index (κ2) is 7.48. The molecular formula is C19H23BrN2O2S. The largest absolute Gasteiger partial charge is 0.369 e. The van der Waals surface area contributed by atoms with Crippen molar-refractivity contribution in [3.05, 3.63) is 64.6 Å². The summed E-state index contributed by atoms with van der Waals surface area (Å²) in [6.45, 7) is 4.87. The molecule has 3 rings (SSSR count). The Kier molecular flexibility index (Phi) is 5.51. The van der Waals surface area contributed by atoms with Gasteiger partial charge >= 0.3 is 0 Å². The van der Waals surface area contributed by atoms with E-state index in [9.17, 15) is 8.42 Å². The van der Waals surface area contributed by atoms with Crippen molar-refractivity contribution in [3.8, 4) is 0 Å². The van der Waals surface area contributed by atoms with Gasteiger partial charge in [-0.05, 0) is 43.7 Å². The average Bonchev–Trinajstić information content (AvgIpc) is 2.99. The smallest absolute Gasteiger partial charge is 0.214 e. The van der Waals surface area contributed by atoms with E-state index in [0.29, 0.717) is 6.54 Å². The van der Waals surface area contributed by atoms with Gasteiger partial charge in [0.05, 0.1) is 5.25 Å². The van der Waals surface area contributed by atoms with Gasteiger partial charge in [0.2, 0.25) is 10.0 Å². The molecule has 0 saturated carbocycles. The summed E-state index contributed by atoms with van der Waals surface area (Å²) in [5.74, 6) is 0.113. The zero-order valence-corrected chi connectivity index (χ0v) is 16.8. The second-order valence-electron chi connectivity index (χ2n) is 6.72. The predicted octanol–water partition coefficient (Wildman–Crippen LogP) is 3.75. The zero-order valence-electron chi connectivity index (χ0n) is 14.4. The fourth-order valence-corrected chi connectivity index (χ4v) is 4.36. The Morgan fingerprint density at radius 1 is 1.04 bits per heavy atom. The van der Waals surface area contributed by atoms with Crippen molar-refractivity contribution >= 4 is 31.6 Å². The molecule has 4 nitrogen and oxygen atoms in total. The van der Waals surface area contributed by atoms with Gasteiger partial charge in [-0.25, -0.2) is 13.1 Å². The van der Waals surface area contributed by atoms with Crippen LogP contribution in [0.25, 0.3) is 0 Å². The Labute approximate surface area is 158 Å². The lowest BCUT2D eigenvalue weighted by molar-refractivity contribution is 0.535. The maximum Gasteiger partial charge on any atom is 0.214 e. The molecular weight excluding hydrogens is 400 g/mol. The fourth-order valence-electron chi connectivity index (χ4n) is 3.17. The number of hydrogen-bond donors (Lipinski definition) is 1. The zero-order chi connectivity index (χ0) is 18.0. The molecule has 1 heterocycles. The molecule has 1 aliphatic heterocycles. The number of para-hydroxylation sites is 1. The van der Waals surface area contributed by atoms with Crippen LogP contribution in [0.2, 0.25) is 0 Å². The van der Waals surface area contributed by atoms with Crippen molar-refractivity contribution in [2.24, 2.45) is 0 Å². The van der Waals surface area contributed by atoms with E-state index in [1.54, 1.807) is 13.8 Å². The third-order valence-electron chi connectivity index (χ3n) is 4.68. The molecule has 0 bridgehead atoms. The first-order chi connectivity index (χ1) is 11.9. The van der Waals surface area contributed by atoms with Crippen LogP contribution >= 0.6 is 15.9 Å². The van der Waals surface area contributed by atoms with E-state index in [4.69, 9.17) is 0 Å². The van der Waals surface area contributed by atoms with Crippen LogP contribution in [0.3, 0.4) is 0 Å². The quantitative estimate of drug-likeness (QED) is 0.797. The number of hydrogen-bond acceptors (Lipinski definition) is 3. The molecule has 0 radical (unpaired) electrons. The van der Waals surface area contributed by atoms with Crippen LogP contribution in [0.1, 0.15) is 25.3 Å². The minimum Gasteiger partial charge on any atom is -0.369 e. The highest BCUT2D eigenvalue weighted by Crippen LogP contribution is 2.32. The van der Waals surface area contributed by atoms with E-state index in [2.05, 4.69) is 49.8 Å². The number of sulfonamides is 1. The molecule has 134 valence electrons. The Morgan fingerprint density at radius 3 is 2.28 bits per heavy atom. The van der Waals surface area contributed by atoms with Gasteiger partial charge in [-0.3, -0.25) is 0 Å². The Bertz CT molecular complexity index is 807. The number of nitrogens with zero attached hydrogens (tertiary/aromatic N) is 1. The molecule has 1 aliphatic rings. The van der Waals surface area contributed by atoms with Gasteiger partial charge in [-0.1, -0.05) is 46.3 Å². The molecule has 0 unspecified atom stereocenters. The molecule has 6 heteroatoms. The van der Waals surface area contributed by atoms with Crippen LogP contribution in [0.15, 0.2) is 59.1 Å².